The van der Waals surface area contributed by atoms with Crippen molar-refractivity contribution in [2.45, 2.75) is 58.0 Å². The van der Waals surface area contributed by atoms with Gasteiger partial charge in [-0.15, -0.1) is 0 Å². The smallest absolute Gasteiger partial charge is 0.222 e. The molecule has 9 heteroatoms. The van der Waals surface area contributed by atoms with Gasteiger partial charge < -0.3 is 29.7 Å². The second-order valence-corrected chi connectivity index (χ2v) is 11.1. The molecule has 234 valence electrons. The van der Waals surface area contributed by atoms with E-state index in [0.717, 1.165) is 47.1 Å². The van der Waals surface area contributed by atoms with Crippen molar-refractivity contribution < 1.29 is 23.8 Å². The summed E-state index contributed by atoms with van der Waals surface area (Å²) < 4.78 is 17.1. The summed E-state index contributed by atoms with van der Waals surface area (Å²) in [5.74, 6) is 1.49. The van der Waals surface area contributed by atoms with Crippen LogP contribution in [0, 0.1) is 0 Å². The average molecular weight is 602 g/mol. The fourth-order valence-electron chi connectivity index (χ4n) is 5.79. The van der Waals surface area contributed by atoms with E-state index in [2.05, 4.69) is 10.6 Å². The van der Waals surface area contributed by atoms with Gasteiger partial charge in [0.05, 0.1) is 33.1 Å². The van der Waals surface area contributed by atoms with Crippen LogP contribution < -0.4 is 30.3 Å². The third kappa shape index (κ3) is 7.70. The third-order valence-corrected chi connectivity index (χ3v) is 7.99. The van der Waals surface area contributed by atoms with Gasteiger partial charge in [-0.3, -0.25) is 14.4 Å². The standard InChI is InChI=1S/C35H43N3O6/c1-23(39)37-28-17-15-25-20-31(42-3)34(43-4)35(44-5)33(25)26-16-18-29(30(40)21-27(26)28)36-19-11-7-10-14-32(41)38(2)22-24-12-8-6-9-13-24/h6,8-9,12-13,16,18,20-21,28H,7,10-11,14-15,17,19,22H2,1-5H3,(H,36,40)(H,37,39)/t28-/m0/s1. The molecular weight excluding hydrogens is 558 g/mol. The maximum Gasteiger partial charge on any atom is 0.222 e. The molecule has 1 aliphatic carbocycles. The second kappa shape index (κ2) is 15.3. The van der Waals surface area contributed by atoms with Gasteiger partial charge in [0.25, 0.3) is 0 Å². The number of rotatable bonds is 13. The highest BCUT2D eigenvalue weighted by Gasteiger charge is 2.29. The van der Waals surface area contributed by atoms with Crippen molar-refractivity contribution in [2.75, 3.05) is 40.2 Å². The maximum absolute atomic E-state index is 13.5. The van der Waals surface area contributed by atoms with Crippen LogP contribution >= 0.6 is 0 Å². The minimum atomic E-state index is -0.359. The Bertz CT molecular complexity index is 1530. The van der Waals surface area contributed by atoms with Crippen LogP contribution in [0.2, 0.25) is 0 Å². The van der Waals surface area contributed by atoms with E-state index in [4.69, 9.17) is 14.2 Å². The zero-order valence-corrected chi connectivity index (χ0v) is 26.3. The summed E-state index contributed by atoms with van der Waals surface area (Å²) in [5.41, 5.74) is 4.72. The molecule has 0 aromatic heterocycles. The van der Waals surface area contributed by atoms with Gasteiger partial charge in [0.15, 0.2) is 11.5 Å². The number of unbranched alkanes of at least 4 members (excludes halogenated alkanes) is 2. The highest BCUT2D eigenvalue weighted by molar-refractivity contribution is 5.83. The molecule has 0 saturated carbocycles. The molecule has 2 amide bonds. The highest BCUT2D eigenvalue weighted by atomic mass is 16.5. The number of nitrogens with one attached hydrogen (secondary N) is 2. The average Bonchev–Trinajstić information content (AvgIpc) is 3.26. The van der Waals surface area contributed by atoms with E-state index in [9.17, 15) is 14.4 Å². The monoisotopic (exact) mass is 601 g/mol. The minimum Gasteiger partial charge on any atom is -0.493 e. The number of methoxy groups -OCH3 is 3. The first kappa shape index (κ1) is 32.4. The van der Waals surface area contributed by atoms with Crippen molar-refractivity contribution in [3.05, 3.63) is 81.5 Å². The summed E-state index contributed by atoms with van der Waals surface area (Å²) in [4.78, 5) is 39.9. The number of anilines is 1. The Morgan fingerprint density at radius 2 is 1.68 bits per heavy atom. The Labute approximate surface area is 259 Å². The molecule has 1 aliphatic rings. The first-order chi connectivity index (χ1) is 21.3. The van der Waals surface area contributed by atoms with Crippen LogP contribution in [0.5, 0.6) is 17.2 Å². The Kier molecular flexibility index (Phi) is 11.2. The van der Waals surface area contributed by atoms with Gasteiger partial charge in [-0.1, -0.05) is 42.8 Å². The van der Waals surface area contributed by atoms with Crippen LogP contribution in [0.4, 0.5) is 5.69 Å². The van der Waals surface area contributed by atoms with Gasteiger partial charge >= 0.3 is 0 Å². The summed E-state index contributed by atoms with van der Waals surface area (Å²) in [6, 6.07) is 16.8. The quantitative estimate of drug-likeness (QED) is 0.250. The Morgan fingerprint density at radius 1 is 0.932 bits per heavy atom. The number of hydrogen-bond acceptors (Lipinski definition) is 7. The first-order valence-corrected chi connectivity index (χ1v) is 15.1. The Morgan fingerprint density at radius 3 is 2.36 bits per heavy atom. The van der Waals surface area contributed by atoms with Crippen LogP contribution in [-0.2, 0) is 22.6 Å². The predicted molar refractivity (Wildman–Crippen MR) is 173 cm³/mol. The Hall–Kier alpha value is -4.53. The molecule has 0 fully saturated rings. The van der Waals surface area contributed by atoms with Gasteiger partial charge in [0, 0.05) is 39.0 Å². The van der Waals surface area contributed by atoms with E-state index in [1.54, 1.807) is 38.4 Å². The van der Waals surface area contributed by atoms with E-state index < -0.39 is 0 Å². The lowest BCUT2D eigenvalue weighted by molar-refractivity contribution is -0.130. The molecule has 0 bridgehead atoms. The number of nitrogens with zero attached hydrogens (tertiary/aromatic N) is 1. The minimum absolute atomic E-state index is 0.124. The highest BCUT2D eigenvalue weighted by Crippen LogP contribution is 2.50. The largest absolute Gasteiger partial charge is 0.493 e. The van der Waals surface area contributed by atoms with E-state index in [0.29, 0.717) is 55.3 Å². The summed E-state index contributed by atoms with van der Waals surface area (Å²) in [5, 5.41) is 6.33. The zero-order chi connectivity index (χ0) is 31.6. The van der Waals surface area contributed by atoms with E-state index in [1.165, 1.54) is 6.92 Å². The molecule has 0 aliphatic heterocycles. The van der Waals surface area contributed by atoms with Crippen molar-refractivity contribution in [1.29, 1.82) is 0 Å². The number of ether oxygens (including phenoxy) is 3. The molecular formula is C35H43N3O6. The lowest BCUT2D eigenvalue weighted by Crippen LogP contribution is -2.26. The molecule has 0 unspecified atom stereocenters. The maximum atomic E-state index is 13.5. The molecule has 3 aromatic carbocycles. The summed E-state index contributed by atoms with van der Waals surface area (Å²) >= 11 is 0. The van der Waals surface area contributed by atoms with Gasteiger partial charge in [-0.2, -0.15) is 0 Å². The molecule has 4 rings (SSSR count). The molecule has 0 heterocycles. The number of fused-ring (bicyclic) bond motifs is 3. The topological polar surface area (TPSA) is 106 Å². The van der Waals surface area contributed by atoms with Gasteiger partial charge in [-0.25, -0.2) is 0 Å². The molecule has 0 radical (unpaired) electrons. The van der Waals surface area contributed by atoms with Crippen LogP contribution in [0.15, 0.2) is 59.4 Å². The number of carbonyl (C=O) groups excluding carboxylic acids is 2. The zero-order valence-electron chi connectivity index (χ0n) is 26.3. The fourth-order valence-corrected chi connectivity index (χ4v) is 5.79. The van der Waals surface area contributed by atoms with Gasteiger partial charge in [-0.05, 0) is 66.1 Å². The fraction of sp³-hybridized carbons (Fsp3) is 0.400. The van der Waals surface area contributed by atoms with Gasteiger partial charge in [0.2, 0.25) is 23.0 Å². The molecule has 0 saturated heterocycles. The summed E-state index contributed by atoms with van der Waals surface area (Å²) in [6.45, 7) is 2.67. The van der Waals surface area contributed by atoms with E-state index in [1.807, 2.05) is 49.5 Å². The van der Waals surface area contributed by atoms with Crippen LogP contribution in [0.1, 0.15) is 61.8 Å². The SMILES string of the molecule is COc1cc2c(c(OC)c1OC)-c1ccc(NCCCCCC(=O)N(C)Cc3ccccc3)c(=O)cc1[C@@H](NC(C)=O)CC2. The number of benzene rings is 2. The number of carbonyl (C=O) groups is 2. The van der Waals surface area contributed by atoms with Crippen LogP contribution in [-0.4, -0.2) is 51.6 Å². The van der Waals surface area contributed by atoms with Crippen molar-refractivity contribution in [3.63, 3.8) is 0 Å². The number of hydrogen-bond donors (Lipinski definition) is 2. The van der Waals surface area contributed by atoms with E-state index >= 15 is 0 Å². The number of aryl methyl sites for hydroxylation is 1. The normalized spacial score (nSPS) is 13.5. The molecule has 0 spiro atoms. The molecule has 3 aromatic rings. The molecule has 1 atom stereocenters. The van der Waals surface area contributed by atoms with Crippen molar-refractivity contribution >= 4 is 17.5 Å². The summed E-state index contributed by atoms with van der Waals surface area (Å²) in [6.07, 6.45) is 4.18. The Balaban J connectivity index is 1.49. The van der Waals surface area contributed by atoms with E-state index in [-0.39, 0.29) is 23.3 Å². The van der Waals surface area contributed by atoms with Crippen molar-refractivity contribution in [2.24, 2.45) is 0 Å². The van der Waals surface area contributed by atoms with Crippen LogP contribution in [0.3, 0.4) is 0 Å². The molecule has 2 N–H and O–H groups in total. The first-order valence-electron chi connectivity index (χ1n) is 15.1. The van der Waals surface area contributed by atoms with Crippen LogP contribution in [0.25, 0.3) is 11.1 Å². The second-order valence-electron chi connectivity index (χ2n) is 11.1. The predicted octanol–water partition coefficient (Wildman–Crippen LogP) is 5.49. The van der Waals surface area contributed by atoms with Crippen molar-refractivity contribution in [1.82, 2.24) is 10.2 Å². The lowest BCUT2D eigenvalue weighted by Gasteiger charge is -2.19. The third-order valence-electron chi connectivity index (χ3n) is 7.99. The number of amides is 2. The molecule has 44 heavy (non-hydrogen) atoms. The summed E-state index contributed by atoms with van der Waals surface area (Å²) in [7, 11) is 6.56. The van der Waals surface area contributed by atoms with Crippen molar-refractivity contribution in [3.8, 4) is 28.4 Å². The lowest BCUT2D eigenvalue weighted by atomic mass is 9.95. The molecule has 9 nitrogen and oxygen atoms in total. The van der Waals surface area contributed by atoms with Gasteiger partial charge in [0.1, 0.15) is 0 Å².